The van der Waals surface area contributed by atoms with Gasteiger partial charge >= 0.3 is 5.69 Å². The van der Waals surface area contributed by atoms with Crippen LogP contribution in [0.2, 0.25) is 0 Å². The van der Waals surface area contributed by atoms with Crippen LogP contribution in [0.4, 0.5) is 0 Å². The molecule has 0 aliphatic carbocycles. The Morgan fingerprint density at radius 2 is 1.78 bits per heavy atom. The predicted octanol–water partition coefficient (Wildman–Crippen LogP) is -0.571. The molecule has 0 bridgehead atoms. The second kappa shape index (κ2) is 4.41. The van der Waals surface area contributed by atoms with Crippen molar-refractivity contribution in [3.8, 4) is 0 Å². The van der Waals surface area contributed by atoms with E-state index in [4.69, 9.17) is 0 Å². The van der Waals surface area contributed by atoms with Crippen molar-refractivity contribution in [1.82, 2.24) is 18.7 Å². The van der Waals surface area contributed by atoms with Gasteiger partial charge in [0.15, 0.2) is 11.2 Å². The van der Waals surface area contributed by atoms with Crippen molar-refractivity contribution >= 4 is 11.2 Å². The Morgan fingerprint density at radius 1 is 1.17 bits per heavy atom. The van der Waals surface area contributed by atoms with Gasteiger partial charge in [0.1, 0.15) is 12.4 Å². The van der Waals surface area contributed by atoms with E-state index in [0.29, 0.717) is 30.1 Å². The van der Waals surface area contributed by atoms with Crippen LogP contribution in [0.15, 0.2) is 9.59 Å². The fourth-order valence-corrected chi connectivity index (χ4v) is 2.11. The molecule has 0 saturated carbocycles. The van der Waals surface area contributed by atoms with Crippen LogP contribution < -0.4 is 11.2 Å². The van der Waals surface area contributed by atoms with E-state index in [1.165, 1.54) is 13.7 Å². The molecule has 0 amide bonds. The Kier molecular flexibility index (Phi) is 3.08. The molecule has 7 nitrogen and oxygen atoms in total. The standard InChI is InChI=1S/C11H16N4O3/c1-4-14-9-8(13(3)7(6-16)12-9)10(17)15(5-2)11(14)18/h16H,4-6H2,1-3H3. The van der Waals surface area contributed by atoms with Gasteiger partial charge in [0.2, 0.25) is 0 Å². The summed E-state index contributed by atoms with van der Waals surface area (Å²) in [6, 6.07) is 0. The number of rotatable bonds is 3. The predicted molar refractivity (Wildman–Crippen MR) is 66.5 cm³/mol. The van der Waals surface area contributed by atoms with E-state index in [2.05, 4.69) is 4.98 Å². The van der Waals surface area contributed by atoms with Gasteiger partial charge in [0.25, 0.3) is 5.56 Å². The molecule has 0 fully saturated rings. The summed E-state index contributed by atoms with van der Waals surface area (Å²) in [6.07, 6.45) is 0. The molecule has 0 spiro atoms. The van der Waals surface area contributed by atoms with Crippen LogP contribution in [0.3, 0.4) is 0 Å². The fraction of sp³-hybridized carbons (Fsp3) is 0.545. The number of hydrogen-bond donors (Lipinski definition) is 1. The SMILES string of the molecule is CCn1c(=O)c2c(nc(CO)n2C)n(CC)c1=O. The lowest BCUT2D eigenvalue weighted by atomic mass is 10.4. The number of aromatic nitrogens is 4. The first kappa shape index (κ1) is 12.6. The zero-order valence-electron chi connectivity index (χ0n) is 10.7. The van der Waals surface area contributed by atoms with E-state index in [-0.39, 0.29) is 17.9 Å². The maximum absolute atomic E-state index is 12.2. The zero-order valence-corrected chi connectivity index (χ0v) is 10.7. The number of aryl methyl sites for hydroxylation is 2. The molecule has 18 heavy (non-hydrogen) atoms. The van der Waals surface area contributed by atoms with Gasteiger partial charge in [-0.2, -0.15) is 0 Å². The molecule has 0 aliphatic rings. The van der Waals surface area contributed by atoms with Gasteiger partial charge in [-0.1, -0.05) is 0 Å². The van der Waals surface area contributed by atoms with Crippen LogP contribution in [0.5, 0.6) is 0 Å². The van der Waals surface area contributed by atoms with Crippen molar-refractivity contribution in [2.75, 3.05) is 0 Å². The smallest absolute Gasteiger partial charge is 0.332 e. The maximum Gasteiger partial charge on any atom is 0.332 e. The first-order chi connectivity index (χ1) is 8.56. The third-order valence-electron chi connectivity index (χ3n) is 3.11. The van der Waals surface area contributed by atoms with Gasteiger partial charge in [-0.3, -0.25) is 13.9 Å². The lowest BCUT2D eigenvalue weighted by Gasteiger charge is -2.08. The second-order valence-electron chi connectivity index (χ2n) is 3.99. The molecule has 2 aromatic rings. The van der Waals surface area contributed by atoms with Crippen molar-refractivity contribution in [3.05, 3.63) is 26.7 Å². The largest absolute Gasteiger partial charge is 0.388 e. The molecule has 0 unspecified atom stereocenters. The van der Waals surface area contributed by atoms with Gasteiger partial charge in [-0.15, -0.1) is 0 Å². The minimum atomic E-state index is -0.364. The quantitative estimate of drug-likeness (QED) is 0.793. The summed E-state index contributed by atoms with van der Waals surface area (Å²) in [5.74, 6) is 0.373. The third kappa shape index (κ3) is 1.51. The molecular formula is C11H16N4O3. The molecule has 0 aromatic carbocycles. The van der Waals surface area contributed by atoms with Crippen LogP contribution in [0.25, 0.3) is 11.2 Å². The van der Waals surface area contributed by atoms with Gasteiger partial charge in [-0.25, -0.2) is 9.78 Å². The number of aliphatic hydroxyl groups excluding tert-OH is 1. The van der Waals surface area contributed by atoms with E-state index in [1.54, 1.807) is 14.0 Å². The zero-order chi connectivity index (χ0) is 13.4. The van der Waals surface area contributed by atoms with Crippen molar-refractivity contribution in [3.63, 3.8) is 0 Å². The molecule has 0 saturated heterocycles. The first-order valence-corrected chi connectivity index (χ1v) is 5.86. The average Bonchev–Trinajstić information content (AvgIpc) is 2.68. The molecule has 7 heteroatoms. The number of imidazole rings is 1. The summed E-state index contributed by atoms with van der Waals surface area (Å²) < 4.78 is 4.16. The Balaban J connectivity index is 3.07. The van der Waals surface area contributed by atoms with Crippen LogP contribution >= 0.6 is 0 Å². The van der Waals surface area contributed by atoms with E-state index < -0.39 is 0 Å². The van der Waals surface area contributed by atoms with Crippen LogP contribution in [0.1, 0.15) is 19.7 Å². The number of aliphatic hydroxyl groups is 1. The highest BCUT2D eigenvalue weighted by Crippen LogP contribution is 2.09. The van der Waals surface area contributed by atoms with Crippen molar-refractivity contribution in [2.24, 2.45) is 7.05 Å². The molecule has 98 valence electrons. The fourth-order valence-electron chi connectivity index (χ4n) is 2.11. The van der Waals surface area contributed by atoms with E-state index >= 15 is 0 Å². The van der Waals surface area contributed by atoms with Crippen molar-refractivity contribution in [1.29, 1.82) is 0 Å². The van der Waals surface area contributed by atoms with E-state index in [1.807, 2.05) is 6.92 Å². The van der Waals surface area contributed by atoms with Crippen LogP contribution in [-0.2, 0) is 26.7 Å². The summed E-state index contributed by atoms with van der Waals surface area (Å²) in [7, 11) is 1.66. The van der Waals surface area contributed by atoms with Gasteiger partial charge in [0.05, 0.1) is 0 Å². The van der Waals surface area contributed by atoms with Gasteiger partial charge in [-0.05, 0) is 13.8 Å². The minimum absolute atomic E-state index is 0.269. The lowest BCUT2D eigenvalue weighted by molar-refractivity contribution is 0.268. The molecular weight excluding hydrogens is 236 g/mol. The summed E-state index contributed by atoms with van der Waals surface area (Å²) in [5.41, 5.74) is -0.0388. The Hall–Kier alpha value is -1.89. The Morgan fingerprint density at radius 3 is 2.28 bits per heavy atom. The normalized spacial score (nSPS) is 11.3. The number of nitrogens with zero attached hydrogens (tertiary/aromatic N) is 4. The number of hydrogen-bond acceptors (Lipinski definition) is 4. The molecule has 0 radical (unpaired) electrons. The molecule has 2 aromatic heterocycles. The highest BCUT2D eigenvalue weighted by Gasteiger charge is 2.17. The van der Waals surface area contributed by atoms with Crippen LogP contribution in [-0.4, -0.2) is 23.8 Å². The van der Waals surface area contributed by atoms with E-state index in [0.717, 1.165) is 0 Å². The van der Waals surface area contributed by atoms with Gasteiger partial charge in [0, 0.05) is 20.1 Å². The Labute approximate surface area is 103 Å². The summed E-state index contributed by atoms with van der Waals surface area (Å²) in [4.78, 5) is 28.5. The molecule has 0 aliphatic heterocycles. The average molecular weight is 252 g/mol. The lowest BCUT2D eigenvalue weighted by Crippen LogP contribution is -2.39. The Bertz CT molecular complexity index is 708. The van der Waals surface area contributed by atoms with Crippen molar-refractivity contribution in [2.45, 2.75) is 33.5 Å². The van der Waals surface area contributed by atoms with E-state index in [9.17, 15) is 14.7 Å². The number of fused-ring (bicyclic) bond motifs is 1. The highest BCUT2D eigenvalue weighted by atomic mass is 16.3. The summed E-state index contributed by atoms with van der Waals surface area (Å²) in [5, 5.41) is 9.19. The monoisotopic (exact) mass is 252 g/mol. The summed E-state index contributed by atoms with van der Waals surface area (Å²) in [6.45, 7) is 4.04. The second-order valence-corrected chi connectivity index (χ2v) is 3.99. The third-order valence-corrected chi connectivity index (χ3v) is 3.11. The molecule has 0 atom stereocenters. The highest BCUT2D eigenvalue weighted by molar-refractivity contribution is 5.70. The first-order valence-electron chi connectivity index (χ1n) is 5.86. The molecule has 2 heterocycles. The van der Waals surface area contributed by atoms with Crippen molar-refractivity contribution < 1.29 is 5.11 Å². The molecule has 1 N–H and O–H groups in total. The maximum atomic E-state index is 12.2. The van der Waals surface area contributed by atoms with Gasteiger partial charge < -0.3 is 9.67 Å². The topological polar surface area (TPSA) is 82.1 Å². The minimum Gasteiger partial charge on any atom is -0.388 e. The summed E-state index contributed by atoms with van der Waals surface area (Å²) >= 11 is 0. The van der Waals surface area contributed by atoms with Crippen LogP contribution in [0, 0.1) is 0 Å². The molecule has 2 rings (SSSR count).